The number of carbonyl (C=O) groups is 1. The number of benzene rings is 1. The second kappa shape index (κ2) is 6.01. The van der Waals surface area contributed by atoms with Gasteiger partial charge in [0.1, 0.15) is 5.82 Å². The monoisotopic (exact) mass is 337 g/mol. The Balaban J connectivity index is 1.56. The first kappa shape index (κ1) is 15.3. The van der Waals surface area contributed by atoms with E-state index < -0.39 is 5.91 Å². The first-order valence-corrected chi connectivity index (χ1v) is 7.96. The number of primary amides is 1. The van der Waals surface area contributed by atoms with Crippen LogP contribution in [0.4, 0.5) is 10.2 Å². The summed E-state index contributed by atoms with van der Waals surface area (Å²) in [4.78, 5) is 16.3. The van der Waals surface area contributed by atoms with Crippen molar-refractivity contribution in [2.75, 3.05) is 18.0 Å². The minimum atomic E-state index is -0.587. The summed E-state index contributed by atoms with van der Waals surface area (Å²) in [5.74, 6) is -0.125. The van der Waals surface area contributed by atoms with Crippen molar-refractivity contribution in [1.82, 2.24) is 15.2 Å². The number of H-pyrrole nitrogens is 1. The number of fused-ring (bicyclic) bond motifs is 1. The number of aromatic amines is 1. The van der Waals surface area contributed by atoms with Gasteiger partial charge in [0, 0.05) is 35.8 Å². The van der Waals surface area contributed by atoms with Crippen molar-refractivity contribution in [3.05, 3.63) is 59.7 Å². The smallest absolute Gasteiger partial charge is 0.269 e. The lowest BCUT2D eigenvalue weighted by Crippen LogP contribution is -2.29. The molecule has 3 heterocycles. The molecule has 1 aromatic carbocycles. The molecule has 25 heavy (non-hydrogen) atoms. The second-order valence-electron chi connectivity index (χ2n) is 5.96. The Labute approximate surface area is 143 Å². The zero-order valence-corrected chi connectivity index (χ0v) is 13.4. The lowest BCUT2D eigenvalue weighted by Gasteiger charge is -2.27. The number of rotatable bonds is 3. The number of nitrogens with one attached hydrogen (secondary N) is 1. The van der Waals surface area contributed by atoms with Crippen molar-refractivity contribution in [2.24, 2.45) is 5.73 Å². The molecule has 0 atom stereocenters. The Hall–Kier alpha value is -3.22. The number of halogens is 1. The SMILES string of the molecule is NC(=O)c1ccc(N2CC=C(c3c[nH]c4cc(F)ccc34)CC2)nn1. The lowest BCUT2D eigenvalue weighted by molar-refractivity contribution is 0.0994. The third kappa shape index (κ3) is 2.84. The van der Waals surface area contributed by atoms with Crippen LogP contribution in [-0.4, -0.2) is 34.2 Å². The highest BCUT2D eigenvalue weighted by atomic mass is 19.1. The van der Waals surface area contributed by atoms with E-state index in [0.29, 0.717) is 12.4 Å². The molecule has 0 fully saturated rings. The molecule has 3 N–H and O–H groups in total. The van der Waals surface area contributed by atoms with Crippen LogP contribution >= 0.6 is 0 Å². The molecule has 126 valence electrons. The van der Waals surface area contributed by atoms with E-state index in [2.05, 4.69) is 26.2 Å². The lowest BCUT2D eigenvalue weighted by atomic mass is 9.99. The molecule has 1 aliphatic rings. The van der Waals surface area contributed by atoms with Gasteiger partial charge in [0.15, 0.2) is 11.5 Å². The van der Waals surface area contributed by atoms with Crippen LogP contribution < -0.4 is 10.6 Å². The van der Waals surface area contributed by atoms with E-state index in [1.807, 2.05) is 6.20 Å². The van der Waals surface area contributed by atoms with Crippen molar-refractivity contribution < 1.29 is 9.18 Å². The number of anilines is 1. The minimum absolute atomic E-state index is 0.156. The summed E-state index contributed by atoms with van der Waals surface area (Å²) in [6, 6.07) is 8.12. The van der Waals surface area contributed by atoms with Crippen LogP contribution in [0.1, 0.15) is 22.5 Å². The maximum absolute atomic E-state index is 13.3. The number of nitrogens with zero attached hydrogens (tertiary/aromatic N) is 3. The predicted molar refractivity (Wildman–Crippen MR) is 93.6 cm³/mol. The van der Waals surface area contributed by atoms with E-state index in [9.17, 15) is 9.18 Å². The van der Waals surface area contributed by atoms with Gasteiger partial charge in [-0.25, -0.2) is 4.39 Å². The van der Waals surface area contributed by atoms with E-state index in [1.165, 1.54) is 17.7 Å². The molecule has 1 amide bonds. The number of amides is 1. The van der Waals surface area contributed by atoms with Crippen molar-refractivity contribution in [3.63, 3.8) is 0 Å². The molecule has 0 saturated heterocycles. The maximum atomic E-state index is 13.3. The highest BCUT2D eigenvalue weighted by Gasteiger charge is 2.17. The fraction of sp³-hybridized carbons (Fsp3) is 0.167. The van der Waals surface area contributed by atoms with Crippen LogP contribution in [0.15, 0.2) is 42.6 Å². The third-order valence-corrected chi connectivity index (χ3v) is 4.43. The predicted octanol–water partition coefficient (Wildman–Crippen LogP) is 2.49. The summed E-state index contributed by atoms with van der Waals surface area (Å²) in [7, 11) is 0. The first-order valence-electron chi connectivity index (χ1n) is 7.96. The van der Waals surface area contributed by atoms with E-state index in [4.69, 9.17) is 5.73 Å². The fourth-order valence-electron chi connectivity index (χ4n) is 3.11. The molecule has 0 bridgehead atoms. The van der Waals surface area contributed by atoms with Gasteiger partial charge < -0.3 is 15.6 Å². The zero-order valence-electron chi connectivity index (χ0n) is 13.4. The van der Waals surface area contributed by atoms with E-state index >= 15 is 0 Å². The van der Waals surface area contributed by atoms with Crippen LogP contribution in [0.5, 0.6) is 0 Å². The van der Waals surface area contributed by atoms with Gasteiger partial charge in [-0.1, -0.05) is 6.08 Å². The second-order valence-corrected chi connectivity index (χ2v) is 5.96. The first-order chi connectivity index (χ1) is 12.1. The van der Waals surface area contributed by atoms with Crippen molar-refractivity contribution in [1.29, 1.82) is 0 Å². The molecule has 6 nitrogen and oxygen atoms in total. The van der Waals surface area contributed by atoms with Gasteiger partial charge in [-0.15, -0.1) is 10.2 Å². The molecule has 0 radical (unpaired) electrons. The molecule has 1 aliphatic heterocycles. The van der Waals surface area contributed by atoms with Crippen molar-refractivity contribution >= 4 is 28.2 Å². The fourth-order valence-corrected chi connectivity index (χ4v) is 3.11. The van der Waals surface area contributed by atoms with E-state index in [1.54, 1.807) is 18.2 Å². The van der Waals surface area contributed by atoms with Crippen LogP contribution in [0, 0.1) is 5.82 Å². The third-order valence-electron chi connectivity index (χ3n) is 4.43. The van der Waals surface area contributed by atoms with Crippen LogP contribution in [0.25, 0.3) is 16.5 Å². The molecule has 2 aromatic heterocycles. The van der Waals surface area contributed by atoms with E-state index in [0.717, 1.165) is 29.4 Å². The molecule has 0 spiro atoms. The van der Waals surface area contributed by atoms with Gasteiger partial charge in [0.2, 0.25) is 0 Å². The Morgan fingerprint density at radius 2 is 2.12 bits per heavy atom. The average Bonchev–Trinajstić information content (AvgIpc) is 3.05. The largest absolute Gasteiger partial charge is 0.364 e. The summed E-state index contributed by atoms with van der Waals surface area (Å²) < 4.78 is 13.3. The Morgan fingerprint density at radius 1 is 1.24 bits per heavy atom. The number of nitrogens with two attached hydrogens (primary N) is 1. The number of carbonyl (C=O) groups excluding carboxylic acids is 1. The van der Waals surface area contributed by atoms with Gasteiger partial charge in [0.05, 0.1) is 0 Å². The Bertz CT molecular complexity index is 977. The average molecular weight is 337 g/mol. The van der Waals surface area contributed by atoms with Crippen LogP contribution in [0.2, 0.25) is 0 Å². The standard InChI is InChI=1S/C18H16FN5O/c19-12-1-2-13-14(10-21-16(13)9-12)11-5-7-24(8-6-11)17-4-3-15(18(20)25)22-23-17/h1-5,9-10,21H,6-8H2,(H2,20,25). The van der Waals surface area contributed by atoms with Gasteiger partial charge in [0.25, 0.3) is 5.91 Å². The van der Waals surface area contributed by atoms with Gasteiger partial charge in [-0.2, -0.15) is 0 Å². The maximum Gasteiger partial charge on any atom is 0.269 e. The van der Waals surface area contributed by atoms with Crippen molar-refractivity contribution in [3.8, 4) is 0 Å². The summed E-state index contributed by atoms with van der Waals surface area (Å²) in [5, 5.41) is 8.93. The summed E-state index contributed by atoms with van der Waals surface area (Å²) >= 11 is 0. The van der Waals surface area contributed by atoms with Crippen molar-refractivity contribution in [2.45, 2.75) is 6.42 Å². The molecule has 0 unspecified atom stereocenters. The molecule has 7 heteroatoms. The Morgan fingerprint density at radius 3 is 2.80 bits per heavy atom. The summed E-state index contributed by atoms with van der Waals surface area (Å²) in [6.07, 6.45) is 4.90. The number of hydrogen-bond donors (Lipinski definition) is 2. The molecule has 3 aromatic rings. The van der Waals surface area contributed by atoms with Gasteiger partial charge >= 0.3 is 0 Å². The molecule has 4 rings (SSSR count). The summed E-state index contributed by atoms with van der Waals surface area (Å²) in [6.45, 7) is 1.47. The van der Waals surface area contributed by atoms with Gasteiger partial charge in [-0.05, 0) is 42.3 Å². The quantitative estimate of drug-likeness (QED) is 0.768. The molecular formula is C18H16FN5O. The van der Waals surface area contributed by atoms with Gasteiger partial charge in [-0.3, -0.25) is 4.79 Å². The molecular weight excluding hydrogens is 321 g/mol. The molecule has 0 saturated carbocycles. The van der Waals surface area contributed by atoms with E-state index in [-0.39, 0.29) is 11.5 Å². The highest BCUT2D eigenvalue weighted by Crippen LogP contribution is 2.30. The number of aromatic nitrogens is 3. The Kier molecular flexibility index (Phi) is 3.68. The highest BCUT2D eigenvalue weighted by molar-refractivity contribution is 5.93. The minimum Gasteiger partial charge on any atom is -0.364 e. The zero-order chi connectivity index (χ0) is 17.4. The normalized spacial score (nSPS) is 14.6. The van der Waals surface area contributed by atoms with Crippen LogP contribution in [-0.2, 0) is 0 Å². The number of hydrogen-bond acceptors (Lipinski definition) is 4. The van der Waals surface area contributed by atoms with Crippen LogP contribution in [0.3, 0.4) is 0 Å². The summed E-state index contributed by atoms with van der Waals surface area (Å²) in [5.41, 5.74) is 8.45. The topological polar surface area (TPSA) is 87.9 Å². The molecule has 0 aliphatic carbocycles.